The van der Waals surface area contributed by atoms with Gasteiger partial charge >= 0.3 is 0 Å². The first-order valence-corrected chi connectivity index (χ1v) is 9.90. The molecule has 1 atom stereocenters. The molecule has 1 aliphatic heterocycles. The summed E-state index contributed by atoms with van der Waals surface area (Å²) in [4.78, 5) is 17.9. The predicted octanol–water partition coefficient (Wildman–Crippen LogP) is 3.95. The second-order valence-corrected chi connectivity index (χ2v) is 8.00. The molecule has 150 valence electrons. The van der Waals surface area contributed by atoms with Gasteiger partial charge in [0.25, 0.3) is 0 Å². The predicted molar refractivity (Wildman–Crippen MR) is 106 cm³/mol. The van der Waals surface area contributed by atoms with E-state index in [2.05, 4.69) is 4.95 Å². The molecule has 4 rings (SSSR count). The number of hydrogen-bond acceptors (Lipinski definition) is 2. The normalized spacial score (nSPS) is 19.6. The van der Waals surface area contributed by atoms with E-state index >= 15 is 0 Å². The SMILES string of the molecule is [C-]#[N+]N1CC(=O)N(C(C)C)CC1C1c2cccc(F)c2CCc2c(F)cccc21. The lowest BCUT2D eigenvalue weighted by Gasteiger charge is -2.41. The van der Waals surface area contributed by atoms with Gasteiger partial charge in [0.05, 0.1) is 0 Å². The zero-order chi connectivity index (χ0) is 20.7. The van der Waals surface area contributed by atoms with Crippen LogP contribution >= 0.6 is 0 Å². The maximum atomic E-state index is 14.7. The summed E-state index contributed by atoms with van der Waals surface area (Å²) < 4.78 is 29.5. The lowest BCUT2D eigenvalue weighted by molar-refractivity contribution is -0.139. The third kappa shape index (κ3) is 3.25. The lowest BCUT2D eigenvalue weighted by atomic mass is 9.81. The minimum absolute atomic E-state index is 0.0115. The fourth-order valence-electron chi connectivity index (χ4n) is 4.72. The van der Waals surface area contributed by atoms with Crippen LogP contribution in [0, 0.1) is 18.2 Å². The number of fused-ring (bicyclic) bond motifs is 2. The summed E-state index contributed by atoms with van der Waals surface area (Å²) in [6.07, 6.45) is 0.813. The first kappa shape index (κ1) is 19.4. The third-order valence-electron chi connectivity index (χ3n) is 6.13. The number of halogens is 2. The van der Waals surface area contributed by atoms with Crippen LogP contribution in [0.1, 0.15) is 42.0 Å². The van der Waals surface area contributed by atoms with Crippen LogP contribution in [0.25, 0.3) is 4.95 Å². The van der Waals surface area contributed by atoms with Gasteiger partial charge in [-0.15, -0.1) is 0 Å². The van der Waals surface area contributed by atoms with Crippen molar-refractivity contribution < 1.29 is 13.6 Å². The quantitative estimate of drug-likeness (QED) is 0.721. The molecule has 1 unspecified atom stereocenters. The molecular formula is C23H23F2N3O. The number of benzene rings is 2. The van der Waals surface area contributed by atoms with Crippen molar-refractivity contribution in [2.75, 3.05) is 13.1 Å². The summed E-state index contributed by atoms with van der Waals surface area (Å²) in [5.74, 6) is -1.09. The Kier molecular flexibility index (Phi) is 4.99. The maximum absolute atomic E-state index is 14.7. The fourth-order valence-corrected chi connectivity index (χ4v) is 4.72. The van der Waals surface area contributed by atoms with Gasteiger partial charge in [-0.05, 0) is 61.1 Å². The van der Waals surface area contributed by atoms with Crippen molar-refractivity contribution in [2.45, 2.75) is 44.7 Å². The largest absolute Gasteiger partial charge is 0.336 e. The van der Waals surface area contributed by atoms with Crippen LogP contribution in [0.15, 0.2) is 36.4 Å². The topological polar surface area (TPSA) is 27.9 Å². The Morgan fingerprint density at radius 1 is 1.03 bits per heavy atom. The van der Waals surface area contributed by atoms with Crippen molar-refractivity contribution in [1.29, 1.82) is 0 Å². The molecule has 1 amide bonds. The number of nitrogens with zero attached hydrogens (tertiary/aromatic N) is 3. The van der Waals surface area contributed by atoms with E-state index in [4.69, 9.17) is 6.57 Å². The molecule has 0 N–H and O–H groups in total. The van der Waals surface area contributed by atoms with Crippen LogP contribution in [-0.2, 0) is 17.6 Å². The molecule has 29 heavy (non-hydrogen) atoms. The minimum atomic E-state index is -0.391. The van der Waals surface area contributed by atoms with Crippen LogP contribution < -0.4 is 0 Å². The first-order chi connectivity index (χ1) is 13.9. The van der Waals surface area contributed by atoms with Gasteiger partial charge in [-0.3, -0.25) is 4.79 Å². The number of amides is 1. The van der Waals surface area contributed by atoms with Crippen molar-refractivity contribution in [3.63, 3.8) is 0 Å². The van der Waals surface area contributed by atoms with Crippen LogP contribution in [0.2, 0.25) is 0 Å². The van der Waals surface area contributed by atoms with Gasteiger partial charge in [0.2, 0.25) is 5.91 Å². The molecule has 6 heteroatoms. The van der Waals surface area contributed by atoms with E-state index in [-0.39, 0.29) is 36.2 Å². The molecule has 0 radical (unpaired) electrons. The van der Waals surface area contributed by atoms with Crippen molar-refractivity contribution in [2.24, 2.45) is 0 Å². The van der Waals surface area contributed by atoms with Crippen molar-refractivity contribution in [3.8, 4) is 0 Å². The Labute approximate surface area is 169 Å². The van der Waals surface area contributed by atoms with Gasteiger partial charge < -0.3 is 4.90 Å². The van der Waals surface area contributed by atoms with Crippen molar-refractivity contribution in [1.82, 2.24) is 9.91 Å². The van der Waals surface area contributed by atoms with E-state index in [1.165, 1.54) is 17.1 Å². The van der Waals surface area contributed by atoms with Gasteiger partial charge in [0, 0.05) is 18.5 Å². The number of carbonyl (C=O) groups excluding carboxylic acids is 1. The molecule has 2 aromatic carbocycles. The van der Waals surface area contributed by atoms with Gasteiger partial charge in [0.1, 0.15) is 17.7 Å². The molecule has 0 saturated carbocycles. The Hall–Kier alpha value is -2.94. The second-order valence-electron chi connectivity index (χ2n) is 8.00. The Bertz CT molecular complexity index is 945. The van der Waals surface area contributed by atoms with E-state index in [0.29, 0.717) is 30.5 Å². The molecule has 0 spiro atoms. The minimum Gasteiger partial charge on any atom is -0.336 e. The smallest absolute Gasteiger partial charge is 0.249 e. The number of carbonyl (C=O) groups is 1. The van der Waals surface area contributed by atoms with Crippen LogP contribution in [0.4, 0.5) is 8.78 Å². The zero-order valence-electron chi connectivity index (χ0n) is 16.5. The summed E-state index contributed by atoms with van der Waals surface area (Å²) in [6, 6.07) is 9.56. The molecule has 2 aromatic rings. The highest BCUT2D eigenvalue weighted by molar-refractivity contribution is 5.79. The summed E-state index contributed by atoms with van der Waals surface area (Å²) in [5, 5.41) is 1.46. The van der Waals surface area contributed by atoms with Crippen LogP contribution in [0.5, 0.6) is 0 Å². The molecule has 0 aromatic heterocycles. The fraction of sp³-hybridized carbons (Fsp3) is 0.391. The molecule has 1 fully saturated rings. The average molecular weight is 395 g/mol. The van der Waals surface area contributed by atoms with E-state index in [9.17, 15) is 13.6 Å². The molecule has 2 aliphatic rings. The number of hydrogen-bond donors (Lipinski definition) is 0. The van der Waals surface area contributed by atoms with Crippen molar-refractivity contribution >= 4 is 5.91 Å². The van der Waals surface area contributed by atoms with Gasteiger partial charge in [-0.25, -0.2) is 8.78 Å². The highest BCUT2D eigenvalue weighted by atomic mass is 19.1. The molecule has 1 saturated heterocycles. The summed E-state index contributed by atoms with van der Waals surface area (Å²) in [5.41, 5.74) is 2.72. The molecular weight excluding hydrogens is 372 g/mol. The maximum Gasteiger partial charge on any atom is 0.249 e. The van der Waals surface area contributed by atoms with Crippen LogP contribution in [-0.4, -0.2) is 41.0 Å². The summed E-state index contributed by atoms with van der Waals surface area (Å²) in [6.45, 7) is 11.9. The van der Waals surface area contributed by atoms with Crippen LogP contribution in [0.3, 0.4) is 0 Å². The highest BCUT2D eigenvalue weighted by Crippen LogP contribution is 2.41. The second kappa shape index (κ2) is 7.47. The standard InChI is InChI=1S/C23H23F2N3O/c1-14(2)27-12-21(28(26-3)13-22(27)29)23-17-6-4-8-19(24)15(17)10-11-16-18(23)7-5-9-20(16)25/h4-9,14,21,23H,10-13H2,1-2H3. The number of piperazine rings is 1. The first-order valence-electron chi connectivity index (χ1n) is 9.90. The van der Waals surface area contributed by atoms with Gasteiger partial charge in [0.15, 0.2) is 6.54 Å². The highest BCUT2D eigenvalue weighted by Gasteiger charge is 2.44. The van der Waals surface area contributed by atoms with Gasteiger partial charge in [-0.2, -0.15) is 11.5 Å². The Morgan fingerprint density at radius 2 is 1.59 bits per heavy atom. The Balaban J connectivity index is 1.92. The van der Waals surface area contributed by atoms with E-state index in [1.807, 2.05) is 26.0 Å². The Morgan fingerprint density at radius 3 is 2.07 bits per heavy atom. The molecule has 1 heterocycles. The monoisotopic (exact) mass is 395 g/mol. The molecule has 0 bridgehead atoms. The van der Waals surface area contributed by atoms with Gasteiger partial charge in [-0.1, -0.05) is 29.3 Å². The third-order valence-corrected chi connectivity index (χ3v) is 6.13. The average Bonchev–Trinajstić information content (AvgIpc) is 2.86. The van der Waals surface area contributed by atoms with E-state index < -0.39 is 5.92 Å². The van der Waals surface area contributed by atoms with E-state index in [1.54, 1.807) is 17.0 Å². The summed E-state index contributed by atoms with van der Waals surface area (Å²) >= 11 is 0. The van der Waals surface area contributed by atoms with E-state index in [0.717, 1.165) is 11.1 Å². The number of rotatable bonds is 2. The van der Waals surface area contributed by atoms with Crippen molar-refractivity contribution in [3.05, 3.63) is 81.8 Å². The molecule has 1 aliphatic carbocycles. The lowest BCUT2D eigenvalue weighted by Crippen LogP contribution is -2.57. The zero-order valence-corrected chi connectivity index (χ0v) is 16.5. The summed E-state index contributed by atoms with van der Waals surface area (Å²) in [7, 11) is 0. The molecule has 4 nitrogen and oxygen atoms in total.